The number of nitrogen functional groups attached to an aromatic ring is 1. The summed E-state index contributed by atoms with van der Waals surface area (Å²) in [6.45, 7) is 9.00. The molecule has 1 aliphatic heterocycles. The Labute approximate surface area is 211 Å². The van der Waals surface area contributed by atoms with E-state index in [4.69, 9.17) is 15.5 Å². The quantitative estimate of drug-likeness (QED) is 0.514. The molecule has 36 heavy (non-hydrogen) atoms. The summed E-state index contributed by atoms with van der Waals surface area (Å²) in [5.41, 5.74) is 8.11. The summed E-state index contributed by atoms with van der Waals surface area (Å²) >= 11 is 0. The van der Waals surface area contributed by atoms with Crippen molar-refractivity contribution in [3.8, 4) is 17.0 Å². The molecule has 9 nitrogen and oxygen atoms in total. The average Bonchev–Trinajstić information content (AvgIpc) is 3.10. The molecular formula is C26H31N5O4S. The number of amides is 1. The van der Waals surface area contributed by atoms with Gasteiger partial charge >= 0.3 is 0 Å². The zero-order valence-electron chi connectivity index (χ0n) is 21.1. The molecule has 1 amide bonds. The lowest BCUT2D eigenvalue weighted by molar-refractivity contribution is 0.0981. The molecule has 1 aromatic carbocycles. The van der Waals surface area contributed by atoms with Gasteiger partial charge in [-0.25, -0.2) is 23.1 Å². The first-order valence-corrected chi connectivity index (χ1v) is 13.2. The van der Waals surface area contributed by atoms with Crippen molar-refractivity contribution < 1.29 is 17.9 Å². The van der Waals surface area contributed by atoms with Crippen LogP contribution in [-0.2, 0) is 10.0 Å². The molecule has 1 atom stereocenters. The van der Waals surface area contributed by atoms with Gasteiger partial charge < -0.3 is 15.4 Å². The molecule has 3 heterocycles. The van der Waals surface area contributed by atoms with Gasteiger partial charge in [0.05, 0.1) is 18.4 Å². The number of aromatic nitrogens is 2. The molecule has 0 radical (unpaired) electrons. The number of nitrogens with zero attached hydrogens (tertiary/aromatic N) is 3. The Morgan fingerprint density at radius 2 is 1.97 bits per heavy atom. The van der Waals surface area contributed by atoms with Crippen molar-refractivity contribution in [1.29, 1.82) is 0 Å². The molecule has 0 spiro atoms. The van der Waals surface area contributed by atoms with Crippen LogP contribution in [0.1, 0.15) is 43.1 Å². The first-order valence-electron chi connectivity index (χ1n) is 11.7. The Bertz CT molecular complexity index is 1420. The lowest BCUT2D eigenvalue weighted by Gasteiger charge is -2.36. The van der Waals surface area contributed by atoms with Crippen molar-refractivity contribution >= 4 is 27.6 Å². The number of rotatable bonds is 6. The van der Waals surface area contributed by atoms with Crippen LogP contribution in [0.5, 0.6) is 5.75 Å². The average molecular weight is 510 g/mol. The first-order chi connectivity index (χ1) is 17.0. The van der Waals surface area contributed by atoms with Crippen LogP contribution in [0, 0.1) is 12.8 Å². The van der Waals surface area contributed by atoms with Crippen LogP contribution in [0.25, 0.3) is 11.3 Å². The summed E-state index contributed by atoms with van der Waals surface area (Å²) in [5, 5.41) is 0. The van der Waals surface area contributed by atoms with Gasteiger partial charge in [-0.05, 0) is 81.1 Å². The van der Waals surface area contributed by atoms with Crippen LogP contribution in [0.3, 0.4) is 0 Å². The van der Waals surface area contributed by atoms with Gasteiger partial charge in [-0.3, -0.25) is 4.79 Å². The molecule has 3 aromatic rings. The Hall–Kier alpha value is -3.66. The highest BCUT2D eigenvalue weighted by Crippen LogP contribution is 2.39. The smallest absolute Gasteiger partial charge is 0.268 e. The van der Waals surface area contributed by atoms with E-state index in [0.717, 1.165) is 23.3 Å². The third-order valence-electron chi connectivity index (χ3n) is 7.07. The van der Waals surface area contributed by atoms with Gasteiger partial charge in [0, 0.05) is 23.8 Å². The van der Waals surface area contributed by atoms with Gasteiger partial charge in [0.1, 0.15) is 22.3 Å². The van der Waals surface area contributed by atoms with E-state index in [-0.39, 0.29) is 21.8 Å². The molecular weight excluding hydrogens is 478 g/mol. The van der Waals surface area contributed by atoms with Crippen LogP contribution in [0.4, 0.5) is 11.6 Å². The fraction of sp³-hybridized carbons (Fsp3) is 0.346. The van der Waals surface area contributed by atoms with Gasteiger partial charge in [-0.1, -0.05) is 6.92 Å². The van der Waals surface area contributed by atoms with E-state index in [9.17, 15) is 13.2 Å². The van der Waals surface area contributed by atoms with Crippen LogP contribution in [0.15, 0.2) is 53.6 Å². The van der Waals surface area contributed by atoms with Gasteiger partial charge in [0.15, 0.2) is 0 Å². The number of hydrogen-bond acceptors (Lipinski definition) is 8. The molecule has 0 aliphatic carbocycles. The van der Waals surface area contributed by atoms with Crippen LogP contribution in [-0.4, -0.2) is 43.5 Å². The number of hydrogen-bond donors (Lipinski definition) is 2. The van der Waals surface area contributed by atoms with Crippen molar-refractivity contribution in [2.75, 3.05) is 24.3 Å². The number of aryl methyl sites for hydroxylation is 1. The summed E-state index contributed by atoms with van der Waals surface area (Å²) in [6, 6.07) is 11.8. The highest BCUT2D eigenvalue weighted by atomic mass is 32.2. The van der Waals surface area contributed by atoms with Crippen molar-refractivity contribution in [2.45, 2.75) is 44.6 Å². The highest BCUT2D eigenvalue weighted by molar-refractivity contribution is 7.90. The molecule has 4 rings (SSSR count). The van der Waals surface area contributed by atoms with E-state index < -0.39 is 15.9 Å². The summed E-state index contributed by atoms with van der Waals surface area (Å²) in [7, 11) is -2.62. The van der Waals surface area contributed by atoms with Crippen molar-refractivity contribution in [1.82, 2.24) is 14.7 Å². The number of carbonyl (C=O) groups excluding carboxylic acids is 1. The normalized spacial score (nSPS) is 17.1. The number of ether oxygens (including phenoxy) is 1. The standard InChI is InChI=1S/C26H31N5O4S/c1-16-15-18(8-11-21(16)35-5)20-10-9-19(24(29-20)31-14-12-17(2)26(31,3)4)25(32)30-36(33,34)22-7-6-13-28-23(22)27/h6-11,13,15,17H,12,14H2,1-5H3,(H2,27,28)(H,30,32). The molecule has 1 unspecified atom stereocenters. The fourth-order valence-electron chi connectivity index (χ4n) is 4.50. The van der Waals surface area contributed by atoms with E-state index >= 15 is 0 Å². The first kappa shape index (κ1) is 25.4. The number of carbonyl (C=O) groups is 1. The topological polar surface area (TPSA) is 128 Å². The Balaban J connectivity index is 1.79. The van der Waals surface area contributed by atoms with Gasteiger partial charge in [-0.2, -0.15) is 0 Å². The summed E-state index contributed by atoms with van der Waals surface area (Å²) < 4.78 is 33.4. The second kappa shape index (κ2) is 9.42. The Kier molecular flexibility index (Phi) is 6.66. The monoisotopic (exact) mass is 509 g/mol. The Morgan fingerprint density at radius 3 is 2.58 bits per heavy atom. The van der Waals surface area contributed by atoms with Crippen LogP contribution in [0.2, 0.25) is 0 Å². The molecule has 10 heteroatoms. The lowest BCUT2D eigenvalue weighted by atomic mass is 9.90. The minimum Gasteiger partial charge on any atom is -0.496 e. The second-order valence-electron chi connectivity index (χ2n) is 9.57. The van der Waals surface area contributed by atoms with Crippen molar-refractivity contribution in [3.63, 3.8) is 0 Å². The van der Waals surface area contributed by atoms with E-state index in [2.05, 4.69) is 35.4 Å². The number of nitrogens with two attached hydrogens (primary N) is 1. The van der Waals surface area contributed by atoms with Crippen molar-refractivity contribution in [3.05, 3.63) is 59.8 Å². The number of pyridine rings is 2. The molecule has 2 aromatic heterocycles. The van der Waals surface area contributed by atoms with Gasteiger partial charge in [-0.15, -0.1) is 0 Å². The maximum absolute atomic E-state index is 13.4. The lowest BCUT2D eigenvalue weighted by Crippen LogP contribution is -2.43. The highest BCUT2D eigenvalue weighted by Gasteiger charge is 2.41. The zero-order chi connectivity index (χ0) is 26.3. The molecule has 0 saturated carbocycles. The third kappa shape index (κ3) is 4.60. The van der Waals surface area contributed by atoms with E-state index in [1.165, 1.54) is 18.3 Å². The Morgan fingerprint density at radius 1 is 1.22 bits per heavy atom. The molecule has 3 N–H and O–H groups in total. The van der Waals surface area contributed by atoms with Crippen molar-refractivity contribution in [2.24, 2.45) is 5.92 Å². The molecule has 190 valence electrons. The summed E-state index contributed by atoms with van der Waals surface area (Å²) in [4.78, 5) is 23.9. The molecule has 1 fully saturated rings. The number of methoxy groups -OCH3 is 1. The zero-order valence-corrected chi connectivity index (χ0v) is 21.9. The van der Waals surface area contributed by atoms with E-state index in [0.29, 0.717) is 24.0 Å². The molecule has 0 bridgehead atoms. The maximum atomic E-state index is 13.4. The third-order valence-corrected chi connectivity index (χ3v) is 8.45. The summed E-state index contributed by atoms with van der Waals surface area (Å²) in [5.74, 6) is 0.581. The maximum Gasteiger partial charge on any atom is 0.268 e. The molecule has 1 saturated heterocycles. The SMILES string of the molecule is COc1ccc(-c2ccc(C(=O)NS(=O)(=O)c3cccnc3N)c(N3CCC(C)C3(C)C)n2)cc1C. The van der Waals surface area contributed by atoms with Crippen LogP contribution >= 0.6 is 0 Å². The number of benzene rings is 1. The number of anilines is 2. The predicted octanol–water partition coefficient (Wildman–Crippen LogP) is 3.79. The van der Waals surface area contributed by atoms with E-state index in [1.54, 1.807) is 19.2 Å². The largest absolute Gasteiger partial charge is 0.496 e. The number of nitrogens with one attached hydrogen (secondary N) is 1. The van der Waals surface area contributed by atoms with Crippen LogP contribution < -0.4 is 20.1 Å². The minimum absolute atomic E-state index is 0.164. The number of sulfonamides is 1. The van der Waals surface area contributed by atoms with Gasteiger partial charge in [0.2, 0.25) is 0 Å². The fourth-order valence-corrected chi connectivity index (χ4v) is 5.55. The summed E-state index contributed by atoms with van der Waals surface area (Å²) in [6.07, 6.45) is 2.31. The van der Waals surface area contributed by atoms with Gasteiger partial charge in [0.25, 0.3) is 15.9 Å². The predicted molar refractivity (Wildman–Crippen MR) is 139 cm³/mol. The van der Waals surface area contributed by atoms with E-state index in [1.807, 2.05) is 25.1 Å². The molecule has 1 aliphatic rings. The minimum atomic E-state index is -4.24. The second-order valence-corrected chi connectivity index (χ2v) is 11.2.